The number of nitrogens with one attached hydrogen (secondary N) is 1. The molecule has 0 aliphatic carbocycles. The number of amides is 1. The Kier molecular flexibility index (Phi) is 5.96. The lowest BCUT2D eigenvalue weighted by Gasteiger charge is -2.28. The largest absolute Gasteiger partial charge is 0.372 e. The van der Waals surface area contributed by atoms with Crippen LogP contribution in [0, 0.1) is 5.92 Å². The maximum Gasteiger partial charge on any atom is 0.240 e. The molecule has 1 aromatic rings. The predicted molar refractivity (Wildman–Crippen MR) is 104 cm³/mol. The summed E-state index contributed by atoms with van der Waals surface area (Å²) in [5.41, 5.74) is 5.49. The third kappa shape index (κ3) is 5.06. The lowest BCUT2D eigenvalue weighted by atomic mass is 10.1. The predicted octanol–water partition coefficient (Wildman–Crippen LogP) is 2.34. The van der Waals surface area contributed by atoms with Crippen molar-refractivity contribution in [1.29, 1.82) is 0 Å². The zero-order chi connectivity index (χ0) is 18.6. The number of benzene rings is 1. The Morgan fingerprint density at radius 2 is 1.88 bits per heavy atom. The molecule has 2 saturated heterocycles. The highest BCUT2D eigenvalue weighted by Crippen LogP contribution is 2.22. The van der Waals surface area contributed by atoms with E-state index in [9.17, 15) is 13.2 Å². The van der Waals surface area contributed by atoms with Gasteiger partial charge in [-0.1, -0.05) is 12.1 Å². The molecule has 0 radical (unpaired) electrons. The van der Waals surface area contributed by atoms with Crippen LogP contribution in [0.3, 0.4) is 0 Å². The molecule has 2 fully saturated rings. The van der Waals surface area contributed by atoms with Crippen LogP contribution in [-0.2, 0) is 14.6 Å². The van der Waals surface area contributed by atoms with E-state index in [1.165, 1.54) is 24.9 Å². The molecule has 0 saturated carbocycles. The van der Waals surface area contributed by atoms with Gasteiger partial charge in [-0.15, -0.1) is 0 Å². The maximum absolute atomic E-state index is 12.0. The number of piperidine rings is 1. The minimum atomic E-state index is -2.95. The van der Waals surface area contributed by atoms with E-state index in [0.717, 1.165) is 24.4 Å². The zero-order valence-corrected chi connectivity index (χ0v) is 16.1. The summed E-state index contributed by atoms with van der Waals surface area (Å²) in [6.07, 6.45) is 4.58. The Labute approximate surface area is 155 Å². The van der Waals surface area contributed by atoms with Gasteiger partial charge in [0.05, 0.1) is 17.2 Å². The lowest BCUT2D eigenvalue weighted by molar-refractivity contribution is -0.121. The van der Waals surface area contributed by atoms with Gasteiger partial charge in [-0.25, -0.2) is 13.8 Å². The van der Waals surface area contributed by atoms with E-state index in [4.69, 9.17) is 0 Å². The highest BCUT2D eigenvalue weighted by atomic mass is 32.2. The highest BCUT2D eigenvalue weighted by Gasteiger charge is 2.29. The summed E-state index contributed by atoms with van der Waals surface area (Å²) in [5.74, 6) is -0.00626. The van der Waals surface area contributed by atoms with Crippen molar-refractivity contribution < 1.29 is 13.2 Å². The summed E-state index contributed by atoms with van der Waals surface area (Å²) in [6, 6.07) is 8.26. The van der Waals surface area contributed by atoms with Gasteiger partial charge in [-0.2, -0.15) is 5.10 Å². The van der Waals surface area contributed by atoms with Crippen LogP contribution in [-0.4, -0.2) is 44.6 Å². The fraction of sp³-hybridized carbons (Fsp3) is 0.579. The topological polar surface area (TPSA) is 78.8 Å². The quantitative estimate of drug-likeness (QED) is 0.631. The Morgan fingerprint density at radius 1 is 1.19 bits per heavy atom. The number of nitrogens with zero attached hydrogens (tertiary/aromatic N) is 2. The second kappa shape index (κ2) is 8.20. The van der Waals surface area contributed by atoms with Crippen LogP contribution >= 0.6 is 0 Å². The molecule has 1 N–H and O–H groups in total. The number of hydrogen-bond acceptors (Lipinski definition) is 5. The molecular weight excluding hydrogens is 350 g/mol. The first-order valence-corrected chi connectivity index (χ1v) is 11.1. The lowest BCUT2D eigenvalue weighted by Crippen LogP contribution is -2.29. The standard InChI is InChI=1S/C19H27N3O3S/c1-15(20-21-19(23)13-16-9-12-26(24,25)14-16)17-5-7-18(8-6-17)22-10-3-2-4-11-22/h5-8,16H,2-4,9-14H2,1H3,(H,21,23)/b20-15-/t16-/m0/s1. The molecule has 1 atom stereocenters. The molecule has 1 aromatic carbocycles. The maximum atomic E-state index is 12.0. The van der Waals surface area contributed by atoms with Crippen LogP contribution in [0.1, 0.15) is 44.6 Å². The smallest absolute Gasteiger partial charge is 0.240 e. The fourth-order valence-electron chi connectivity index (χ4n) is 3.62. The van der Waals surface area contributed by atoms with E-state index in [-0.39, 0.29) is 29.8 Å². The number of anilines is 1. The molecule has 142 valence electrons. The minimum absolute atomic E-state index is 0.0840. The van der Waals surface area contributed by atoms with Crippen LogP contribution in [0.5, 0.6) is 0 Å². The van der Waals surface area contributed by atoms with E-state index in [2.05, 4.69) is 27.6 Å². The van der Waals surface area contributed by atoms with Crippen molar-refractivity contribution in [3.63, 3.8) is 0 Å². The van der Waals surface area contributed by atoms with Gasteiger partial charge in [0, 0.05) is 25.2 Å². The summed E-state index contributed by atoms with van der Waals surface area (Å²) in [4.78, 5) is 14.4. The Hall–Kier alpha value is -1.89. The molecular formula is C19H27N3O3S. The normalized spacial score (nSPS) is 23.0. The van der Waals surface area contributed by atoms with Gasteiger partial charge in [0.2, 0.25) is 5.91 Å². The third-order valence-corrected chi connectivity index (χ3v) is 6.99. The third-order valence-electron chi connectivity index (χ3n) is 5.16. The van der Waals surface area contributed by atoms with E-state index < -0.39 is 9.84 Å². The first-order chi connectivity index (χ1) is 12.4. The number of hydrogen-bond donors (Lipinski definition) is 1. The number of sulfone groups is 1. The van der Waals surface area contributed by atoms with Crippen LogP contribution in [0.2, 0.25) is 0 Å². The summed E-state index contributed by atoms with van der Waals surface area (Å²) in [5, 5.41) is 4.17. The van der Waals surface area contributed by atoms with Gasteiger partial charge >= 0.3 is 0 Å². The molecule has 0 unspecified atom stereocenters. The molecule has 1 amide bonds. The first kappa shape index (κ1) is 18.9. The summed E-state index contributed by atoms with van der Waals surface area (Å²) < 4.78 is 22.9. The van der Waals surface area contributed by atoms with Crippen molar-refractivity contribution in [1.82, 2.24) is 5.43 Å². The zero-order valence-electron chi connectivity index (χ0n) is 15.3. The van der Waals surface area contributed by atoms with Gasteiger partial charge in [0.15, 0.2) is 9.84 Å². The molecule has 26 heavy (non-hydrogen) atoms. The van der Waals surface area contributed by atoms with Crippen molar-refractivity contribution in [3.8, 4) is 0 Å². The minimum Gasteiger partial charge on any atom is -0.372 e. The van der Waals surface area contributed by atoms with E-state index in [0.29, 0.717) is 6.42 Å². The van der Waals surface area contributed by atoms with Gasteiger partial charge in [-0.3, -0.25) is 4.79 Å². The second-order valence-corrected chi connectivity index (χ2v) is 9.53. The number of carbonyl (C=O) groups is 1. The van der Waals surface area contributed by atoms with Crippen molar-refractivity contribution in [3.05, 3.63) is 29.8 Å². The Bertz CT molecular complexity index is 766. The average Bonchev–Trinajstić information content (AvgIpc) is 2.99. The highest BCUT2D eigenvalue weighted by molar-refractivity contribution is 7.91. The number of rotatable bonds is 5. The van der Waals surface area contributed by atoms with Gasteiger partial charge in [0.25, 0.3) is 0 Å². The van der Waals surface area contributed by atoms with Crippen molar-refractivity contribution in [2.24, 2.45) is 11.0 Å². The summed E-state index contributed by atoms with van der Waals surface area (Å²) in [7, 11) is -2.95. The molecule has 6 nitrogen and oxygen atoms in total. The first-order valence-electron chi connectivity index (χ1n) is 9.32. The fourth-order valence-corrected chi connectivity index (χ4v) is 5.48. The Balaban J connectivity index is 1.53. The van der Waals surface area contributed by atoms with E-state index in [1.807, 2.05) is 19.1 Å². The molecule has 3 rings (SSSR count). The van der Waals surface area contributed by atoms with Gasteiger partial charge < -0.3 is 4.90 Å². The second-order valence-electron chi connectivity index (χ2n) is 7.30. The number of hydrazone groups is 1. The van der Waals surface area contributed by atoms with E-state index >= 15 is 0 Å². The van der Waals surface area contributed by atoms with Crippen LogP contribution in [0.15, 0.2) is 29.4 Å². The molecule has 2 aliphatic heterocycles. The molecule has 0 spiro atoms. The molecule has 2 aliphatic rings. The number of carbonyl (C=O) groups excluding carboxylic acids is 1. The Morgan fingerprint density at radius 3 is 2.50 bits per heavy atom. The van der Waals surface area contributed by atoms with Gasteiger partial charge in [0.1, 0.15) is 0 Å². The van der Waals surface area contributed by atoms with Crippen molar-refractivity contribution >= 4 is 27.1 Å². The average molecular weight is 378 g/mol. The summed E-state index contributed by atoms with van der Waals surface area (Å²) in [6.45, 7) is 4.08. The molecule has 7 heteroatoms. The monoisotopic (exact) mass is 377 g/mol. The van der Waals surface area contributed by atoms with Crippen molar-refractivity contribution in [2.75, 3.05) is 29.5 Å². The molecule has 0 bridgehead atoms. The SMILES string of the molecule is C/C(=N/NC(=O)C[C@@H]1CCS(=O)(=O)C1)c1ccc(N2CCCCC2)cc1. The van der Waals surface area contributed by atoms with E-state index in [1.54, 1.807) is 0 Å². The summed E-state index contributed by atoms with van der Waals surface area (Å²) >= 11 is 0. The van der Waals surface area contributed by atoms with Crippen LogP contribution < -0.4 is 10.3 Å². The van der Waals surface area contributed by atoms with Crippen LogP contribution in [0.4, 0.5) is 5.69 Å². The molecule has 0 aromatic heterocycles. The van der Waals surface area contributed by atoms with Crippen LogP contribution in [0.25, 0.3) is 0 Å². The van der Waals surface area contributed by atoms with Crippen molar-refractivity contribution in [2.45, 2.75) is 39.0 Å². The molecule has 2 heterocycles. The van der Waals surface area contributed by atoms with Gasteiger partial charge in [-0.05, 0) is 56.2 Å².